The summed E-state index contributed by atoms with van der Waals surface area (Å²) >= 11 is 0. The van der Waals surface area contributed by atoms with Gasteiger partial charge in [-0.05, 0) is 28.7 Å². The summed E-state index contributed by atoms with van der Waals surface area (Å²) in [7, 11) is 0. The van der Waals surface area contributed by atoms with Gasteiger partial charge in [-0.3, -0.25) is 4.79 Å². The van der Waals surface area contributed by atoms with Gasteiger partial charge in [0, 0.05) is 11.8 Å². The molecule has 7 heteroatoms. The quantitative estimate of drug-likeness (QED) is 0.640. The smallest absolute Gasteiger partial charge is 0.407 e. The zero-order valence-electron chi connectivity index (χ0n) is 16.5. The number of amides is 2. The van der Waals surface area contributed by atoms with Gasteiger partial charge in [0.15, 0.2) is 0 Å². The molecule has 0 saturated carbocycles. The number of hydrogen-bond donors (Lipinski definition) is 3. The van der Waals surface area contributed by atoms with Crippen LogP contribution in [0.4, 0.5) is 4.79 Å². The van der Waals surface area contributed by atoms with Crippen LogP contribution < -0.4 is 10.6 Å². The van der Waals surface area contributed by atoms with Crippen molar-refractivity contribution < 1.29 is 24.2 Å². The second kappa shape index (κ2) is 9.61. The molecule has 2 aromatic rings. The minimum Gasteiger partial charge on any atom is -0.472 e. The van der Waals surface area contributed by atoms with Crippen molar-refractivity contribution in [3.63, 3.8) is 0 Å². The fraction of sp³-hybridized carbons (Fsp3) is 0.261. The van der Waals surface area contributed by atoms with E-state index < -0.39 is 24.0 Å². The van der Waals surface area contributed by atoms with Gasteiger partial charge in [0.05, 0.1) is 6.54 Å². The highest BCUT2D eigenvalue weighted by Gasteiger charge is 2.29. The first-order valence-corrected chi connectivity index (χ1v) is 9.62. The van der Waals surface area contributed by atoms with E-state index in [1.165, 1.54) is 0 Å². The van der Waals surface area contributed by atoms with Crippen molar-refractivity contribution in [2.45, 2.75) is 25.3 Å². The molecular weight excluding hydrogens is 384 g/mol. The van der Waals surface area contributed by atoms with Crippen LogP contribution in [0.25, 0.3) is 11.1 Å². The number of alkyl carbamates (subject to hydrolysis) is 1. The summed E-state index contributed by atoms with van der Waals surface area (Å²) < 4.78 is 5.44. The van der Waals surface area contributed by atoms with Crippen molar-refractivity contribution in [1.82, 2.24) is 10.6 Å². The number of hydrogen-bond acceptors (Lipinski definition) is 4. The van der Waals surface area contributed by atoms with Crippen LogP contribution in [0.5, 0.6) is 0 Å². The van der Waals surface area contributed by atoms with Crippen LogP contribution >= 0.6 is 0 Å². The van der Waals surface area contributed by atoms with Crippen molar-refractivity contribution in [2.24, 2.45) is 0 Å². The van der Waals surface area contributed by atoms with E-state index in [1.54, 1.807) is 6.92 Å². The van der Waals surface area contributed by atoms with Gasteiger partial charge < -0.3 is 20.5 Å². The molecule has 2 amide bonds. The van der Waals surface area contributed by atoms with Gasteiger partial charge in [-0.1, -0.05) is 61.4 Å². The Morgan fingerprint density at radius 1 is 1.07 bits per heavy atom. The summed E-state index contributed by atoms with van der Waals surface area (Å²) in [4.78, 5) is 34.8. The Hall–Kier alpha value is -3.79. The Labute approximate surface area is 174 Å². The average Bonchev–Trinajstić information content (AvgIpc) is 3.07. The number of carboxylic acids is 1. The number of rotatable bonds is 6. The molecule has 1 unspecified atom stereocenters. The second-order valence-corrected chi connectivity index (χ2v) is 6.76. The van der Waals surface area contributed by atoms with Crippen LogP contribution in [0.3, 0.4) is 0 Å². The van der Waals surface area contributed by atoms with Gasteiger partial charge >= 0.3 is 12.1 Å². The molecule has 0 bridgehead atoms. The van der Waals surface area contributed by atoms with E-state index >= 15 is 0 Å². The summed E-state index contributed by atoms with van der Waals surface area (Å²) in [6, 6.07) is 15.3. The predicted molar refractivity (Wildman–Crippen MR) is 111 cm³/mol. The Kier molecular flexibility index (Phi) is 6.71. The summed E-state index contributed by atoms with van der Waals surface area (Å²) in [5.41, 5.74) is 4.48. The molecule has 0 aliphatic heterocycles. The van der Waals surface area contributed by atoms with Crippen LogP contribution in [0.15, 0.2) is 48.5 Å². The van der Waals surface area contributed by atoms with Gasteiger partial charge in [-0.2, -0.15) is 0 Å². The Morgan fingerprint density at radius 2 is 1.67 bits per heavy atom. The maximum absolute atomic E-state index is 12.3. The molecule has 30 heavy (non-hydrogen) atoms. The third kappa shape index (κ3) is 4.78. The maximum Gasteiger partial charge on any atom is 0.407 e. The van der Waals surface area contributed by atoms with Gasteiger partial charge in [0.2, 0.25) is 5.91 Å². The lowest BCUT2D eigenvalue weighted by molar-refractivity contribution is -0.130. The lowest BCUT2D eigenvalue weighted by Gasteiger charge is -2.18. The number of fused-ring (bicyclic) bond motifs is 3. The number of nitrogens with one attached hydrogen (secondary N) is 2. The Bertz CT molecular complexity index is 976. The highest BCUT2D eigenvalue weighted by molar-refractivity contribution is 5.87. The van der Waals surface area contributed by atoms with Gasteiger partial charge in [0.25, 0.3) is 0 Å². The largest absolute Gasteiger partial charge is 0.472 e. The molecule has 3 N–H and O–H groups in total. The van der Waals surface area contributed by atoms with Crippen LogP contribution in [-0.4, -0.2) is 42.3 Å². The number of carbonyl (C=O) groups is 3. The minimum atomic E-state index is -1.27. The van der Waals surface area contributed by atoms with E-state index in [2.05, 4.69) is 28.7 Å². The van der Waals surface area contributed by atoms with Crippen LogP contribution in [-0.2, 0) is 14.3 Å². The molecule has 0 saturated heterocycles. The van der Waals surface area contributed by atoms with Crippen molar-refractivity contribution >= 4 is 18.0 Å². The van der Waals surface area contributed by atoms with E-state index in [4.69, 9.17) is 9.84 Å². The lowest BCUT2D eigenvalue weighted by Crippen LogP contribution is -2.46. The molecule has 154 valence electrons. The number of carbonyl (C=O) groups excluding carboxylic acids is 2. The maximum atomic E-state index is 12.3. The SMILES string of the molecule is CCC(NC(=O)OCC1c2ccccc2-c2ccccc21)C(=O)NCC#CC(=O)O. The van der Waals surface area contributed by atoms with Crippen molar-refractivity contribution in [3.8, 4) is 23.0 Å². The molecule has 7 nitrogen and oxygen atoms in total. The molecule has 1 aliphatic carbocycles. The molecular formula is C23H22N2O5. The van der Waals surface area contributed by atoms with Crippen molar-refractivity contribution in [2.75, 3.05) is 13.2 Å². The second-order valence-electron chi connectivity index (χ2n) is 6.76. The molecule has 3 rings (SSSR count). The number of ether oxygens (including phenoxy) is 1. The topological polar surface area (TPSA) is 105 Å². The molecule has 1 atom stereocenters. The summed E-state index contributed by atoms with van der Waals surface area (Å²) in [6.45, 7) is 1.78. The standard InChI is InChI=1S/C23H22N2O5/c1-2-20(22(28)24-13-7-12-21(26)27)25-23(29)30-14-19-17-10-5-3-8-15(17)16-9-4-6-11-18(16)19/h3-6,8-11,19-20H,2,13-14H2,1H3,(H,24,28)(H,25,29)(H,26,27). The van der Waals surface area contributed by atoms with Crippen molar-refractivity contribution in [3.05, 3.63) is 59.7 Å². The van der Waals surface area contributed by atoms with E-state index in [0.29, 0.717) is 6.42 Å². The van der Waals surface area contributed by atoms with Crippen LogP contribution in [0, 0.1) is 11.8 Å². The fourth-order valence-corrected chi connectivity index (χ4v) is 3.51. The number of aliphatic carboxylic acids is 1. The summed E-state index contributed by atoms with van der Waals surface area (Å²) in [5.74, 6) is 2.42. The first kappa shape index (κ1) is 20.9. The fourth-order valence-electron chi connectivity index (χ4n) is 3.51. The van der Waals surface area contributed by atoms with Gasteiger partial charge in [0.1, 0.15) is 12.6 Å². The number of benzene rings is 2. The molecule has 0 radical (unpaired) electrons. The molecule has 2 aromatic carbocycles. The Morgan fingerprint density at radius 3 is 2.23 bits per heavy atom. The third-order valence-corrected chi connectivity index (χ3v) is 4.91. The highest BCUT2D eigenvalue weighted by atomic mass is 16.5. The first-order valence-electron chi connectivity index (χ1n) is 9.62. The summed E-state index contributed by atoms with van der Waals surface area (Å²) in [6.07, 6.45) is -0.335. The molecule has 0 spiro atoms. The first-order chi connectivity index (χ1) is 14.5. The third-order valence-electron chi connectivity index (χ3n) is 4.91. The van der Waals surface area contributed by atoms with Crippen LogP contribution in [0.2, 0.25) is 0 Å². The lowest BCUT2D eigenvalue weighted by atomic mass is 9.98. The molecule has 0 fully saturated rings. The van der Waals surface area contributed by atoms with E-state index in [1.807, 2.05) is 42.3 Å². The normalized spacial score (nSPS) is 12.6. The van der Waals surface area contributed by atoms with Crippen LogP contribution in [0.1, 0.15) is 30.4 Å². The monoisotopic (exact) mass is 406 g/mol. The number of carboxylic acid groups (broad SMARTS) is 1. The molecule has 0 aromatic heterocycles. The van der Waals surface area contributed by atoms with E-state index in [-0.39, 0.29) is 19.1 Å². The van der Waals surface area contributed by atoms with Gasteiger partial charge in [-0.15, -0.1) is 0 Å². The van der Waals surface area contributed by atoms with E-state index in [9.17, 15) is 14.4 Å². The zero-order chi connectivity index (χ0) is 21.5. The van der Waals surface area contributed by atoms with Crippen molar-refractivity contribution in [1.29, 1.82) is 0 Å². The molecule has 1 aliphatic rings. The minimum absolute atomic E-state index is 0.0663. The Balaban J connectivity index is 1.58. The zero-order valence-corrected chi connectivity index (χ0v) is 16.5. The van der Waals surface area contributed by atoms with Gasteiger partial charge in [-0.25, -0.2) is 9.59 Å². The predicted octanol–water partition coefficient (Wildman–Crippen LogP) is 2.51. The van der Waals surface area contributed by atoms with E-state index in [0.717, 1.165) is 22.3 Å². The average molecular weight is 406 g/mol. The molecule has 0 heterocycles. The summed E-state index contributed by atoms with van der Waals surface area (Å²) in [5, 5.41) is 13.5. The highest BCUT2D eigenvalue weighted by Crippen LogP contribution is 2.44.